The van der Waals surface area contributed by atoms with Crippen molar-refractivity contribution >= 4 is 10.0 Å². The number of hydrogen-bond donors (Lipinski definition) is 1. The van der Waals surface area contributed by atoms with Crippen LogP contribution in [0.4, 0.5) is 13.2 Å². The highest BCUT2D eigenvalue weighted by atomic mass is 32.2. The predicted molar refractivity (Wildman–Crippen MR) is 73.4 cm³/mol. The van der Waals surface area contributed by atoms with Crippen molar-refractivity contribution in [3.05, 3.63) is 12.4 Å². The predicted octanol–water partition coefficient (Wildman–Crippen LogP) is 1.19. The van der Waals surface area contributed by atoms with Crippen LogP contribution < -0.4 is 5.73 Å². The fourth-order valence-corrected chi connectivity index (χ4v) is 3.96. The Labute approximate surface area is 127 Å². The SMILES string of the molecule is CC(N)C1CCN(S(=O)(=O)c2cnn(CC(F)(F)F)c2)CC1. The molecule has 0 aliphatic carbocycles. The topological polar surface area (TPSA) is 81.2 Å². The monoisotopic (exact) mass is 340 g/mol. The van der Waals surface area contributed by atoms with E-state index in [4.69, 9.17) is 5.73 Å². The van der Waals surface area contributed by atoms with Gasteiger partial charge in [0, 0.05) is 25.3 Å². The molecular weight excluding hydrogens is 321 g/mol. The van der Waals surface area contributed by atoms with Crippen LogP contribution in [0.25, 0.3) is 0 Å². The third kappa shape index (κ3) is 3.99. The summed E-state index contributed by atoms with van der Waals surface area (Å²) in [7, 11) is -3.80. The van der Waals surface area contributed by atoms with Crippen LogP contribution in [0, 0.1) is 5.92 Å². The van der Waals surface area contributed by atoms with Crippen molar-refractivity contribution in [1.82, 2.24) is 14.1 Å². The van der Waals surface area contributed by atoms with E-state index in [1.54, 1.807) is 0 Å². The van der Waals surface area contributed by atoms with Crippen LogP contribution in [-0.4, -0.2) is 47.8 Å². The Hall–Kier alpha value is -1.13. The Balaban J connectivity index is 2.08. The van der Waals surface area contributed by atoms with E-state index in [2.05, 4.69) is 5.10 Å². The van der Waals surface area contributed by atoms with Crippen LogP contribution in [-0.2, 0) is 16.6 Å². The van der Waals surface area contributed by atoms with Gasteiger partial charge in [-0.2, -0.15) is 22.6 Å². The zero-order valence-corrected chi connectivity index (χ0v) is 12.9. The lowest BCUT2D eigenvalue weighted by Crippen LogP contribution is -2.42. The molecule has 2 N–H and O–H groups in total. The highest BCUT2D eigenvalue weighted by Crippen LogP contribution is 2.25. The van der Waals surface area contributed by atoms with E-state index in [-0.39, 0.29) is 16.9 Å². The number of halogens is 3. The van der Waals surface area contributed by atoms with Gasteiger partial charge in [0.1, 0.15) is 11.4 Å². The molecule has 2 heterocycles. The normalized spacial score (nSPS) is 20.2. The highest BCUT2D eigenvalue weighted by Gasteiger charge is 2.33. The molecule has 2 rings (SSSR count). The molecule has 1 aromatic rings. The van der Waals surface area contributed by atoms with Gasteiger partial charge in [0.25, 0.3) is 0 Å². The molecule has 0 radical (unpaired) electrons. The minimum Gasteiger partial charge on any atom is -0.328 e. The summed E-state index contributed by atoms with van der Waals surface area (Å²) in [5.74, 6) is 0.263. The average Bonchev–Trinajstić information content (AvgIpc) is 2.85. The molecule has 22 heavy (non-hydrogen) atoms. The molecule has 1 atom stereocenters. The van der Waals surface area contributed by atoms with Crippen LogP contribution in [0.3, 0.4) is 0 Å². The summed E-state index contributed by atoms with van der Waals surface area (Å²) in [5, 5.41) is 3.48. The summed E-state index contributed by atoms with van der Waals surface area (Å²) in [6, 6.07) is -0.000565. The van der Waals surface area contributed by atoms with Gasteiger partial charge in [-0.1, -0.05) is 0 Å². The standard InChI is InChI=1S/C12H19F3N4O2S/c1-9(16)10-2-4-19(5-3-10)22(20,21)11-6-17-18(7-11)8-12(13,14)15/h6-7,9-10H,2-5,8,16H2,1H3. The van der Waals surface area contributed by atoms with E-state index in [0.29, 0.717) is 30.6 Å². The molecule has 0 amide bonds. The first-order chi connectivity index (χ1) is 10.1. The molecule has 1 aliphatic rings. The lowest BCUT2D eigenvalue weighted by atomic mass is 9.92. The maximum absolute atomic E-state index is 12.4. The summed E-state index contributed by atoms with van der Waals surface area (Å²) < 4.78 is 63.5. The van der Waals surface area contributed by atoms with Gasteiger partial charge in [0.2, 0.25) is 10.0 Å². The number of aromatic nitrogens is 2. The molecule has 1 aromatic heterocycles. The van der Waals surface area contributed by atoms with Crippen molar-refractivity contribution in [2.24, 2.45) is 11.7 Å². The first-order valence-electron chi connectivity index (χ1n) is 6.94. The van der Waals surface area contributed by atoms with E-state index in [1.807, 2.05) is 6.92 Å². The second kappa shape index (κ2) is 6.17. The van der Waals surface area contributed by atoms with Gasteiger partial charge in [0.15, 0.2) is 0 Å². The molecule has 0 aromatic carbocycles. The summed E-state index contributed by atoms with van der Waals surface area (Å²) >= 11 is 0. The fourth-order valence-electron chi connectivity index (χ4n) is 2.54. The molecule has 10 heteroatoms. The minimum absolute atomic E-state index is 0.000565. The minimum atomic E-state index is -4.44. The first kappa shape index (κ1) is 17.2. The quantitative estimate of drug-likeness (QED) is 0.893. The Morgan fingerprint density at radius 2 is 2.00 bits per heavy atom. The zero-order valence-electron chi connectivity index (χ0n) is 12.1. The van der Waals surface area contributed by atoms with Crippen molar-refractivity contribution in [2.45, 2.75) is 43.4 Å². The lowest BCUT2D eigenvalue weighted by molar-refractivity contribution is -0.142. The molecule has 6 nitrogen and oxygen atoms in total. The van der Waals surface area contributed by atoms with E-state index >= 15 is 0 Å². The summed E-state index contributed by atoms with van der Waals surface area (Å²) in [6.07, 6.45) is -1.27. The lowest BCUT2D eigenvalue weighted by Gasteiger charge is -2.32. The van der Waals surface area contributed by atoms with E-state index in [9.17, 15) is 21.6 Å². The first-order valence-corrected chi connectivity index (χ1v) is 8.38. The van der Waals surface area contributed by atoms with Crippen LogP contribution >= 0.6 is 0 Å². The van der Waals surface area contributed by atoms with Gasteiger partial charge in [-0.05, 0) is 25.7 Å². The molecular formula is C12H19F3N4O2S. The zero-order chi connectivity index (χ0) is 16.5. The molecule has 1 fully saturated rings. The third-order valence-electron chi connectivity index (χ3n) is 3.83. The Kier molecular flexibility index (Phi) is 4.83. The number of hydrogen-bond acceptors (Lipinski definition) is 4. The second-order valence-corrected chi connectivity index (χ2v) is 7.53. The van der Waals surface area contributed by atoms with Gasteiger partial charge >= 0.3 is 6.18 Å². The van der Waals surface area contributed by atoms with Crippen LogP contribution in [0.2, 0.25) is 0 Å². The largest absolute Gasteiger partial charge is 0.408 e. The summed E-state index contributed by atoms with van der Waals surface area (Å²) in [4.78, 5) is -0.212. The molecule has 1 unspecified atom stereocenters. The van der Waals surface area contributed by atoms with Gasteiger partial charge in [-0.25, -0.2) is 8.42 Å². The average molecular weight is 340 g/mol. The van der Waals surface area contributed by atoms with Crippen molar-refractivity contribution < 1.29 is 21.6 Å². The Bertz CT molecular complexity index is 604. The maximum Gasteiger partial charge on any atom is 0.408 e. The molecule has 1 aliphatic heterocycles. The number of nitrogens with two attached hydrogens (primary N) is 1. The van der Waals surface area contributed by atoms with Gasteiger partial charge in [-0.3, -0.25) is 4.68 Å². The molecule has 0 bridgehead atoms. The number of piperidine rings is 1. The number of nitrogens with zero attached hydrogens (tertiary/aromatic N) is 3. The van der Waals surface area contributed by atoms with Crippen LogP contribution in [0.15, 0.2) is 17.3 Å². The summed E-state index contributed by atoms with van der Waals surface area (Å²) in [6.45, 7) is 1.21. The highest BCUT2D eigenvalue weighted by molar-refractivity contribution is 7.89. The fraction of sp³-hybridized carbons (Fsp3) is 0.750. The van der Waals surface area contributed by atoms with E-state index in [1.165, 1.54) is 4.31 Å². The Morgan fingerprint density at radius 3 is 2.50 bits per heavy atom. The molecule has 126 valence electrons. The van der Waals surface area contributed by atoms with Gasteiger partial charge in [-0.15, -0.1) is 0 Å². The number of rotatable bonds is 4. The van der Waals surface area contributed by atoms with Crippen molar-refractivity contribution in [2.75, 3.05) is 13.1 Å². The van der Waals surface area contributed by atoms with Crippen LogP contribution in [0.5, 0.6) is 0 Å². The number of alkyl halides is 3. The summed E-state index contributed by atoms with van der Waals surface area (Å²) in [5.41, 5.74) is 5.81. The van der Waals surface area contributed by atoms with Crippen molar-refractivity contribution in [3.8, 4) is 0 Å². The molecule has 0 spiro atoms. The van der Waals surface area contributed by atoms with Crippen molar-refractivity contribution in [3.63, 3.8) is 0 Å². The smallest absolute Gasteiger partial charge is 0.328 e. The van der Waals surface area contributed by atoms with Crippen molar-refractivity contribution in [1.29, 1.82) is 0 Å². The Morgan fingerprint density at radius 1 is 1.41 bits per heavy atom. The molecule has 0 saturated carbocycles. The second-order valence-electron chi connectivity index (χ2n) is 5.59. The van der Waals surface area contributed by atoms with Crippen LogP contribution in [0.1, 0.15) is 19.8 Å². The van der Waals surface area contributed by atoms with E-state index < -0.39 is 22.7 Å². The van der Waals surface area contributed by atoms with Gasteiger partial charge in [0.05, 0.1) is 6.20 Å². The molecule has 1 saturated heterocycles. The van der Waals surface area contributed by atoms with Gasteiger partial charge < -0.3 is 5.73 Å². The third-order valence-corrected chi connectivity index (χ3v) is 5.68. The number of sulfonamides is 1. The maximum atomic E-state index is 12.4. The van der Waals surface area contributed by atoms with E-state index in [0.717, 1.165) is 12.4 Å².